The van der Waals surface area contributed by atoms with E-state index in [1.54, 1.807) is 18.4 Å². The highest BCUT2D eigenvalue weighted by molar-refractivity contribution is 7.17. The van der Waals surface area contributed by atoms with Crippen LogP contribution < -0.4 is 10.1 Å². The van der Waals surface area contributed by atoms with Gasteiger partial charge in [0.1, 0.15) is 10.8 Å². The van der Waals surface area contributed by atoms with E-state index in [0.717, 1.165) is 43.4 Å². The molecule has 1 aromatic carbocycles. The number of rotatable bonds is 5. The fraction of sp³-hybridized carbons (Fsp3) is 0.625. The van der Waals surface area contributed by atoms with E-state index >= 15 is 0 Å². The van der Waals surface area contributed by atoms with Crippen molar-refractivity contribution in [2.45, 2.75) is 89.6 Å². The molecule has 0 spiro atoms. The van der Waals surface area contributed by atoms with Crippen LogP contribution in [0.25, 0.3) is 0 Å². The highest BCUT2D eigenvalue weighted by Crippen LogP contribution is 2.63. The number of methoxy groups -OCH3 is 1. The third-order valence-electron chi connectivity index (χ3n) is 10.1. The lowest BCUT2D eigenvalue weighted by Gasteiger charge is -2.49. The van der Waals surface area contributed by atoms with Gasteiger partial charge >= 0.3 is 5.97 Å². The van der Waals surface area contributed by atoms with E-state index in [0.29, 0.717) is 54.4 Å². The number of carbonyl (C=O) groups excluding carboxylic acids is 2. The molecule has 1 N–H and O–H groups in total. The summed E-state index contributed by atoms with van der Waals surface area (Å²) < 4.78 is 16.9. The molecule has 210 valence electrons. The summed E-state index contributed by atoms with van der Waals surface area (Å²) in [5.74, 6) is 2.12. The van der Waals surface area contributed by atoms with Crippen molar-refractivity contribution in [2.24, 2.45) is 17.8 Å². The van der Waals surface area contributed by atoms with E-state index in [9.17, 15) is 9.59 Å². The van der Waals surface area contributed by atoms with Gasteiger partial charge in [0.15, 0.2) is 0 Å². The lowest BCUT2D eigenvalue weighted by atomic mass is 9.54. The number of benzene rings is 1. The van der Waals surface area contributed by atoms with E-state index in [1.165, 1.54) is 16.0 Å². The molecule has 7 heteroatoms. The summed E-state index contributed by atoms with van der Waals surface area (Å²) in [6, 6.07) is 6.61. The van der Waals surface area contributed by atoms with Crippen molar-refractivity contribution in [1.29, 1.82) is 0 Å². The number of fused-ring (bicyclic) bond motifs is 7. The zero-order chi connectivity index (χ0) is 27.5. The Kier molecular flexibility index (Phi) is 6.82. The van der Waals surface area contributed by atoms with Gasteiger partial charge in [-0.1, -0.05) is 13.0 Å². The standard InChI is InChI=1S/C32H41NO5S/c1-6-37-30(35)26-27-25(39-29(26)33-28(34)19-12-14-38-31(2,3)17-19)16-24-23-9-7-18-15-20(36-5)8-10-21(18)22(23)11-13-32(24,27)4/h8,10,15,19,22-24H,6-7,9,11-14,16-17H2,1-5H3,(H,33,34)/t19-,22-,23-,24-,32-/m0/s1. The first kappa shape index (κ1) is 26.8. The van der Waals surface area contributed by atoms with Crippen LogP contribution in [0.1, 0.15) is 97.6 Å². The second-order valence-electron chi connectivity index (χ2n) is 12.8. The number of ether oxygens (including phenoxy) is 3. The van der Waals surface area contributed by atoms with Crippen LogP contribution in [0.2, 0.25) is 0 Å². The van der Waals surface area contributed by atoms with Crippen LogP contribution in [0.5, 0.6) is 5.75 Å². The molecular weight excluding hydrogens is 510 g/mol. The van der Waals surface area contributed by atoms with E-state index < -0.39 is 0 Å². The number of hydrogen-bond donors (Lipinski definition) is 1. The molecule has 0 bridgehead atoms. The van der Waals surface area contributed by atoms with Crippen LogP contribution in [0.3, 0.4) is 0 Å². The molecular formula is C32H41NO5S. The molecule has 1 aromatic heterocycles. The van der Waals surface area contributed by atoms with Crippen molar-refractivity contribution >= 4 is 28.2 Å². The van der Waals surface area contributed by atoms with Crippen LogP contribution >= 0.6 is 11.3 Å². The first-order valence-corrected chi connectivity index (χ1v) is 15.4. The Balaban J connectivity index is 1.31. The normalized spacial score (nSPS) is 30.4. The molecule has 0 radical (unpaired) electrons. The predicted octanol–water partition coefficient (Wildman–Crippen LogP) is 6.65. The van der Waals surface area contributed by atoms with Crippen LogP contribution in [0, 0.1) is 17.8 Å². The summed E-state index contributed by atoms with van der Waals surface area (Å²) in [7, 11) is 1.73. The van der Waals surface area contributed by atoms with Crippen LogP contribution in [-0.4, -0.2) is 37.8 Å². The largest absolute Gasteiger partial charge is 0.497 e. The SMILES string of the molecule is CCOC(=O)c1c(NC(=O)[C@H]2CCOC(C)(C)C2)sc2c1[C@@]1(C)CC[C@H]3c4ccc(OC)cc4CC[C@@H]3[C@@H]1C2. The molecule has 6 nitrogen and oxygen atoms in total. The number of carbonyl (C=O) groups is 2. The average Bonchev–Trinajstić information content (AvgIpc) is 3.41. The Morgan fingerprint density at radius 3 is 2.74 bits per heavy atom. The zero-order valence-corrected chi connectivity index (χ0v) is 24.7. The average molecular weight is 552 g/mol. The highest BCUT2D eigenvalue weighted by Gasteiger charge is 2.55. The summed E-state index contributed by atoms with van der Waals surface area (Å²) >= 11 is 1.61. The molecule has 6 rings (SSSR count). The lowest BCUT2D eigenvalue weighted by molar-refractivity contribution is -0.130. The smallest absolute Gasteiger partial charge is 0.341 e. The molecule has 1 saturated heterocycles. The summed E-state index contributed by atoms with van der Waals surface area (Å²) in [6.45, 7) is 9.18. The number of aryl methyl sites for hydroxylation is 1. The summed E-state index contributed by atoms with van der Waals surface area (Å²) in [5.41, 5.74) is 4.27. The van der Waals surface area contributed by atoms with E-state index in [1.807, 2.05) is 20.8 Å². The number of amides is 1. The Hall–Kier alpha value is -2.38. The van der Waals surface area contributed by atoms with Crippen molar-refractivity contribution in [3.8, 4) is 5.75 Å². The fourth-order valence-corrected chi connectivity index (χ4v) is 9.66. The second kappa shape index (κ2) is 9.91. The Morgan fingerprint density at radius 1 is 1.18 bits per heavy atom. The van der Waals surface area contributed by atoms with Gasteiger partial charge in [-0.05, 0) is 118 Å². The number of nitrogens with one attached hydrogen (secondary N) is 1. The molecule has 5 atom stereocenters. The molecule has 2 heterocycles. The number of hydrogen-bond acceptors (Lipinski definition) is 6. The van der Waals surface area contributed by atoms with Crippen LogP contribution in [-0.2, 0) is 32.5 Å². The molecule has 1 saturated carbocycles. The molecule has 1 amide bonds. The van der Waals surface area contributed by atoms with Gasteiger partial charge < -0.3 is 19.5 Å². The van der Waals surface area contributed by atoms with Gasteiger partial charge in [0, 0.05) is 17.4 Å². The minimum atomic E-state index is -0.315. The van der Waals surface area contributed by atoms with Crippen molar-refractivity contribution < 1.29 is 23.8 Å². The summed E-state index contributed by atoms with van der Waals surface area (Å²) in [5, 5.41) is 3.87. The summed E-state index contributed by atoms with van der Waals surface area (Å²) in [4.78, 5) is 28.1. The molecule has 39 heavy (non-hydrogen) atoms. The maximum absolute atomic E-state index is 13.5. The van der Waals surface area contributed by atoms with Gasteiger partial charge in [-0.25, -0.2) is 4.79 Å². The maximum Gasteiger partial charge on any atom is 0.341 e. The quantitative estimate of drug-likeness (QED) is 0.422. The van der Waals surface area contributed by atoms with Crippen molar-refractivity contribution in [3.05, 3.63) is 45.3 Å². The van der Waals surface area contributed by atoms with E-state index in [4.69, 9.17) is 14.2 Å². The summed E-state index contributed by atoms with van der Waals surface area (Å²) in [6.07, 6.45) is 6.71. The van der Waals surface area contributed by atoms with Gasteiger partial charge in [-0.15, -0.1) is 11.3 Å². The number of thiophene rings is 1. The van der Waals surface area contributed by atoms with Gasteiger partial charge in [0.25, 0.3) is 0 Å². The second-order valence-corrected chi connectivity index (χ2v) is 13.9. The number of esters is 1. The van der Waals surface area contributed by atoms with Crippen LogP contribution in [0.15, 0.2) is 18.2 Å². The maximum atomic E-state index is 13.5. The van der Waals surface area contributed by atoms with Gasteiger partial charge in [-0.2, -0.15) is 0 Å². The minimum Gasteiger partial charge on any atom is -0.497 e. The first-order valence-electron chi connectivity index (χ1n) is 14.6. The zero-order valence-electron chi connectivity index (χ0n) is 23.9. The predicted molar refractivity (Wildman–Crippen MR) is 153 cm³/mol. The van der Waals surface area contributed by atoms with Crippen LogP contribution in [0.4, 0.5) is 5.00 Å². The highest BCUT2D eigenvalue weighted by atomic mass is 32.1. The van der Waals surface area contributed by atoms with Gasteiger partial charge in [0.2, 0.25) is 5.91 Å². The molecule has 2 fully saturated rings. The van der Waals surface area contributed by atoms with Gasteiger partial charge in [0.05, 0.1) is 24.9 Å². The molecule has 3 aliphatic carbocycles. The Morgan fingerprint density at radius 2 is 2.00 bits per heavy atom. The van der Waals surface area contributed by atoms with Crippen molar-refractivity contribution in [3.63, 3.8) is 0 Å². The number of anilines is 1. The fourth-order valence-electron chi connectivity index (χ4n) is 8.27. The van der Waals surface area contributed by atoms with E-state index in [2.05, 4.69) is 30.4 Å². The third-order valence-corrected chi connectivity index (χ3v) is 11.2. The first-order chi connectivity index (χ1) is 18.6. The molecule has 1 aliphatic heterocycles. The minimum absolute atomic E-state index is 0.0124. The topological polar surface area (TPSA) is 73.9 Å². The van der Waals surface area contributed by atoms with Crippen molar-refractivity contribution in [2.75, 3.05) is 25.6 Å². The molecule has 4 aliphatic rings. The lowest BCUT2D eigenvalue weighted by Crippen LogP contribution is -2.43. The monoisotopic (exact) mass is 551 g/mol. The molecule has 0 unspecified atom stereocenters. The van der Waals surface area contributed by atoms with E-state index in [-0.39, 0.29) is 28.8 Å². The van der Waals surface area contributed by atoms with Crippen molar-refractivity contribution in [1.82, 2.24) is 0 Å². The van der Waals surface area contributed by atoms with Gasteiger partial charge in [-0.3, -0.25) is 4.79 Å². The Labute approximate surface area is 235 Å². The third kappa shape index (κ3) is 4.50. The Bertz CT molecular complexity index is 1300. The molecule has 2 aromatic rings.